The predicted octanol–water partition coefficient (Wildman–Crippen LogP) is 5.45. The minimum atomic E-state index is -0.496. The Morgan fingerprint density at radius 3 is 2.61 bits per heavy atom. The third kappa shape index (κ3) is 4.41. The molecule has 0 spiro atoms. The maximum Gasteiger partial charge on any atom is 0.293 e. The van der Waals surface area contributed by atoms with Gasteiger partial charge in [0.25, 0.3) is 11.2 Å². The molecule has 1 aliphatic rings. The van der Waals surface area contributed by atoms with E-state index in [9.17, 15) is 19.7 Å². The number of nitrogens with one attached hydrogen (secondary N) is 1. The fourth-order valence-corrected chi connectivity index (χ4v) is 6.23. The highest BCUT2D eigenvalue weighted by molar-refractivity contribution is 7.99. The smallest absolute Gasteiger partial charge is 0.293 e. The molecule has 2 aromatic heterocycles. The van der Waals surface area contributed by atoms with Gasteiger partial charge in [0.1, 0.15) is 10.5 Å². The minimum absolute atomic E-state index is 0.00145. The highest BCUT2D eigenvalue weighted by Crippen LogP contribution is 2.35. The van der Waals surface area contributed by atoms with Crippen molar-refractivity contribution in [3.63, 3.8) is 0 Å². The molecular weight excluding hydrogens is 460 g/mol. The number of anilines is 1. The number of nitrogens with zero attached hydrogens (tertiary/aromatic N) is 3. The van der Waals surface area contributed by atoms with Crippen LogP contribution in [0.5, 0.6) is 0 Å². The number of hydrogen-bond acceptors (Lipinski definition) is 7. The van der Waals surface area contributed by atoms with Crippen molar-refractivity contribution in [2.24, 2.45) is 0 Å². The van der Waals surface area contributed by atoms with E-state index in [1.165, 1.54) is 29.2 Å². The number of aromatic nitrogens is 2. The summed E-state index contributed by atoms with van der Waals surface area (Å²) in [6, 6.07) is 3.15. The van der Waals surface area contributed by atoms with Crippen LogP contribution >= 0.6 is 23.1 Å². The molecule has 33 heavy (non-hydrogen) atoms. The van der Waals surface area contributed by atoms with Crippen molar-refractivity contribution in [3.8, 4) is 0 Å². The van der Waals surface area contributed by atoms with Crippen LogP contribution in [0.15, 0.2) is 22.1 Å². The molecule has 2 heterocycles. The van der Waals surface area contributed by atoms with E-state index in [2.05, 4.69) is 5.32 Å². The maximum atomic E-state index is 13.4. The molecule has 0 bridgehead atoms. The normalized spacial score (nSPS) is 14.2. The lowest BCUT2D eigenvalue weighted by molar-refractivity contribution is -0.384. The largest absolute Gasteiger partial charge is 0.319 e. The van der Waals surface area contributed by atoms with Gasteiger partial charge in [-0.25, -0.2) is 4.98 Å². The van der Waals surface area contributed by atoms with Gasteiger partial charge in [-0.05, 0) is 57.2 Å². The summed E-state index contributed by atoms with van der Waals surface area (Å²) in [7, 11) is 0. The quantitative estimate of drug-likeness (QED) is 0.215. The topological polar surface area (TPSA) is 107 Å². The molecule has 0 saturated heterocycles. The molecular formula is C23H26N4O4S2. The Kier molecular flexibility index (Phi) is 6.58. The van der Waals surface area contributed by atoms with Gasteiger partial charge in [0.05, 0.1) is 16.1 Å². The Labute approximate surface area is 199 Å². The second-order valence-corrected chi connectivity index (χ2v) is 10.6. The lowest BCUT2D eigenvalue weighted by Gasteiger charge is -2.18. The summed E-state index contributed by atoms with van der Waals surface area (Å²) < 4.78 is 1.77. The second-order valence-electron chi connectivity index (χ2n) is 8.47. The zero-order valence-electron chi connectivity index (χ0n) is 19.1. The van der Waals surface area contributed by atoms with Crippen molar-refractivity contribution in [2.75, 3.05) is 11.1 Å². The van der Waals surface area contributed by atoms with E-state index in [0.717, 1.165) is 41.7 Å². The molecule has 1 amide bonds. The summed E-state index contributed by atoms with van der Waals surface area (Å²) in [5.74, 6) is -0.374. The van der Waals surface area contributed by atoms with E-state index in [0.29, 0.717) is 20.9 Å². The number of thioether (sulfide) groups is 1. The molecule has 174 valence electrons. The Hall–Kier alpha value is -2.72. The summed E-state index contributed by atoms with van der Waals surface area (Å²) in [5.41, 5.74) is 2.52. The van der Waals surface area contributed by atoms with Gasteiger partial charge >= 0.3 is 0 Å². The summed E-state index contributed by atoms with van der Waals surface area (Å²) in [6.07, 6.45) is 3.97. The SMILES string of the molecule is Cc1ccc([N+](=O)[O-])c(NC(=O)CSc2nc3sc(C)c(C)c3c(=O)n2C2CCCC2)c1C. The first-order valence-electron chi connectivity index (χ1n) is 10.9. The number of hydrogen-bond donors (Lipinski definition) is 1. The van der Waals surface area contributed by atoms with Crippen molar-refractivity contribution in [1.29, 1.82) is 0 Å². The molecule has 8 nitrogen and oxygen atoms in total. The number of thiophene rings is 1. The van der Waals surface area contributed by atoms with E-state index in [4.69, 9.17) is 4.98 Å². The average Bonchev–Trinajstić information content (AvgIpc) is 3.38. The monoisotopic (exact) mass is 486 g/mol. The van der Waals surface area contributed by atoms with E-state index in [1.54, 1.807) is 17.6 Å². The Balaban J connectivity index is 1.64. The molecule has 1 aromatic carbocycles. The fraction of sp³-hybridized carbons (Fsp3) is 0.435. The lowest BCUT2D eigenvalue weighted by atomic mass is 10.1. The highest BCUT2D eigenvalue weighted by Gasteiger charge is 2.26. The molecule has 0 aliphatic heterocycles. The minimum Gasteiger partial charge on any atom is -0.319 e. The van der Waals surface area contributed by atoms with Crippen LogP contribution in [0.1, 0.15) is 53.3 Å². The second kappa shape index (κ2) is 9.26. The first-order valence-corrected chi connectivity index (χ1v) is 12.7. The summed E-state index contributed by atoms with van der Waals surface area (Å²) in [5, 5.41) is 15.3. The lowest BCUT2D eigenvalue weighted by Crippen LogP contribution is -2.27. The molecule has 0 atom stereocenters. The van der Waals surface area contributed by atoms with Gasteiger partial charge in [0, 0.05) is 17.0 Å². The first-order chi connectivity index (χ1) is 15.7. The molecule has 1 fully saturated rings. The Morgan fingerprint density at radius 2 is 1.94 bits per heavy atom. The predicted molar refractivity (Wildman–Crippen MR) is 133 cm³/mol. The number of rotatable bonds is 6. The average molecular weight is 487 g/mol. The van der Waals surface area contributed by atoms with E-state index >= 15 is 0 Å². The number of carbonyl (C=O) groups excluding carboxylic acids is 1. The van der Waals surface area contributed by atoms with Gasteiger partial charge in [0.15, 0.2) is 5.16 Å². The summed E-state index contributed by atoms with van der Waals surface area (Å²) in [4.78, 5) is 43.7. The van der Waals surface area contributed by atoms with Gasteiger partial charge in [-0.2, -0.15) is 0 Å². The van der Waals surface area contributed by atoms with E-state index in [1.807, 2.05) is 20.8 Å². The van der Waals surface area contributed by atoms with E-state index in [-0.39, 0.29) is 34.6 Å². The number of amides is 1. The molecule has 1 saturated carbocycles. The van der Waals surface area contributed by atoms with Crippen LogP contribution in [-0.2, 0) is 4.79 Å². The molecule has 0 unspecified atom stereocenters. The third-order valence-corrected chi connectivity index (χ3v) is 8.45. The number of fused-ring (bicyclic) bond motifs is 1. The Morgan fingerprint density at radius 1 is 1.24 bits per heavy atom. The zero-order chi connectivity index (χ0) is 23.9. The van der Waals surface area contributed by atoms with Crippen molar-refractivity contribution < 1.29 is 9.72 Å². The summed E-state index contributed by atoms with van der Waals surface area (Å²) >= 11 is 2.70. The van der Waals surface area contributed by atoms with Crippen molar-refractivity contribution in [3.05, 3.63) is 54.2 Å². The first kappa shape index (κ1) is 23.4. The van der Waals surface area contributed by atoms with Crippen LogP contribution in [-0.4, -0.2) is 26.1 Å². The van der Waals surface area contributed by atoms with Crippen molar-refractivity contribution >= 4 is 50.6 Å². The molecule has 0 radical (unpaired) electrons. The third-order valence-electron chi connectivity index (χ3n) is 6.40. The highest BCUT2D eigenvalue weighted by atomic mass is 32.2. The zero-order valence-corrected chi connectivity index (χ0v) is 20.7. The van der Waals surface area contributed by atoms with Gasteiger partial charge < -0.3 is 5.32 Å². The number of aryl methyl sites for hydroxylation is 3. The van der Waals surface area contributed by atoms with Gasteiger partial charge in [0.2, 0.25) is 5.91 Å². The van der Waals surface area contributed by atoms with Crippen molar-refractivity contribution in [2.45, 2.75) is 64.6 Å². The molecule has 4 rings (SSSR count). The molecule has 3 aromatic rings. The van der Waals surface area contributed by atoms with E-state index < -0.39 is 4.92 Å². The van der Waals surface area contributed by atoms with Gasteiger partial charge in [-0.15, -0.1) is 11.3 Å². The van der Waals surface area contributed by atoms with Crippen LogP contribution in [0.25, 0.3) is 10.2 Å². The fourth-order valence-electron chi connectivity index (χ4n) is 4.29. The van der Waals surface area contributed by atoms with Crippen LogP contribution in [0.4, 0.5) is 11.4 Å². The van der Waals surface area contributed by atoms with Gasteiger partial charge in [-0.1, -0.05) is 30.7 Å². The van der Waals surface area contributed by atoms with Crippen LogP contribution in [0, 0.1) is 37.8 Å². The Bertz CT molecular complexity index is 1320. The number of nitro groups is 1. The maximum absolute atomic E-state index is 13.4. The van der Waals surface area contributed by atoms with Crippen LogP contribution in [0.3, 0.4) is 0 Å². The summed E-state index contributed by atoms with van der Waals surface area (Å²) in [6.45, 7) is 7.53. The van der Waals surface area contributed by atoms with Crippen LogP contribution in [0.2, 0.25) is 0 Å². The van der Waals surface area contributed by atoms with Crippen molar-refractivity contribution in [1.82, 2.24) is 9.55 Å². The molecule has 10 heteroatoms. The number of carbonyl (C=O) groups is 1. The molecule has 1 N–H and O–H groups in total. The molecule has 1 aliphatic carbocycles. The standard InChI is InChI=1S/C23H26N4O4S2/c1-12-9-10-17(27(30)31)20(13(12)2)24-18(28)11-32-23-25-21-19(14(3)15(4)33-21)22(29)26(23)16-7-5-6-8-16/h9-10,16H,5-8,11H2,1-4H3,(H,24,28). The van der Waals surface area contributed by atoms with Gasteiger partial charge in [-0.3, -0.25) is 24.3 Å². The van der Waals surface area contributed by atoms with Crippen LogP contribution < -0.4 is 10.9 Å². The number of benzene rings is 1. The number of nitro benzene ring substituents is 1.